The predicted octanol–water partition coefficient (Wildman–Crippen LogP) is 3.48. The zero-order valence-electron chi connectivity index (χ0n) is 14.1. The molecule has 22 heavy (non-hydrogen) atoms. The fourth-order valence-electron chi connectivity index (χ4n) is 7.11. The van der Waals surface area contributed by atoms with Crippen molar-refractivity contribution in [3.8, 4) is 0 Å². The van der Waals surface area contributed by atoms with E-state index in [2.05, 4.69) is 20.8 Å². The van der Waals surface area contributed by atoms with E-state index in [-0.39, 0.29) is 17.1 Å². The van der Waals surface area contributed by atoms with Crippen LogP contribution in [0.4, 0.5) is 0 Å². The highest BCUT2D eigenvalue weighted by Gasteiger charge is 2.79. The van der Waals surface area contributed by atoms with Crippen LogP contribution in [-0.2, 0) is 14.3 Å². The van der Waals surface area contributed by atoms with Crippen LogP contribution in [0.15, 0.2) is 11.3 Å². The van der Waals surface area contributed by atoms with Crippen molar-refractivity contribution in [1.82, 2.24) is 0 Å². The third kappa shape index (κ3) is 1.18. The SMILES string of the molecule is COC1=C2CCC[C@]23O[C@@]1(C)[C@@H]1[C@@H]2[C@H](CCC(=O)[C@@H]13)C2(C)C. The maximum Gasteiger partial charge on any atom is 0.139 e. The van der Waals surface area contributed by atoms with Gasteiger partial charge in [-0.15, -0.1) is 0 Å². The van der Waals surface area contributed by atoms with Gasteiger partial charge in [0.2, 0.25) is 0 Å². The third-order valence-electron chi connectivity index (χ3n) is 7.88. The molecule has 2 bridgehead atoms. The average Bonchev–Trinajstić information content (AvgIpc) is 2.72. The second-order valence-electron chi connectivity index (χ2n) is 8.93. The monoisotopic (exact) mass is 302 g/mol. The largest absolute Gasteiger partial charge is 0.498 e. The molecule has 2 aliphatic heterocycles. The number of hydrogen-bond acceptors (Lipinski definition) is 3. The Morgan fingerprint density at radius 2 is 1.95 bits per heavy atom. The molecule has 5 aliphatic rings. The van der Waals surface area contributed by atoms with Crippen molar-refractivity contribution >= 4 is 5.78 Å². The molecule has 0 aromatic carbocycles. The van der Waals surface area contributed by atoms with Gasteiger partial charge in [0.15, 0.2) is 0 Å². The fourth-order valence-corrected chi connectivity index (χ4v) is 7.11. The molecule has 3 heteroatoms. The molecular formula is C19H26O3. The van der Waals surface area contributed by atoms with Crippen molar-refractivity contribution in [2.45, 2.75) is 64.1 Å². The van der Waals surface area contributed by atoms with Gasteiger partial charge in [0.1, 0.15) is 22.7 Å². The lowest BCUT2D eigenvalue weighted by molar-refractivity contribution is -0.128. The van der Waals surface area contributed by atoms with Crippen LogP contribution in [0.25, 0.3) is 0 Å². The number of ether oxygens (including phenoxy) is 2. The number of carbonyl (C=O) groups excluding carboxylic acids is 1. The summed E-state index contributed by atoms with van der Waals surface area (Å²) in [4.78, 5) is 13.0. The Hall–Kier alpha value is -0.830. The van der Waals surface area contributed by atoms with Crippen molar-refractivity contribution in [3.63, 3.8) is 0 Å². The first-order chi connectivity index (χ1) is 10.4. The molecule has 3 aliphatic carbocycles. The Kier molecular flexibility index (Phi) is 2.24. The Bertz CT molecular complexity index is 618. The van der Waals surface area contributed by atoms with Crippen LogP contribution in [-0.4, -0.2) is 24.1 Å². The number of Topliss-reactive ketones (excluding diaryl/α,β-unsaturated/α-hetero) is 1. The summed E-state index contributed by atoms with van der Waals surface area (Å²) in [6, 6.07) is 0. The van der Waals surface area contributed by atoms with Crippen molar-refractivity contribution in [1.29, 1.82) is 0 Å². The summed E-state index contributed by atoms with van der Waals surface area (Å²) in [5, 5.41) is 0. The maximum absolute atomic E-state index is 13.0. The highest BCUT2D eigenvalue weighted by molar-refractivity contribution is 5.85. The number of rotatable bonds is 1. The van der Waals surface area contributed by atoms with E-state index in [1.54, 1.807) is 7.11 Å². The number of hydrogen-bond donors (Lipinski definition) is 0. The van der Waals surface area contributed by atoms with E-state index in [0.717, 1.165) is 37.9 Å². The van der Waals surface area contributed by atoms with Crippen LogP contribution >= 0.6 is 0 Å². The molecule has 3 nitrogen and oxygen atoms in total. The minimum Gasteiger partial charge on any atom is -0.498 e. The predicted molar refractivity (Wildman–Crippen MR) is 82.1 cm³/mol. The van der Waals surface area contributed by atoms with E-state index < -0.39 is 0 Å². The highest BCUT2D eigenvalue weighted by atomic mass is 16.6. The molecule has 4 fully saturated rings. The van der Waals surface area contributed by atoms with Crippen molar-refractivity contribution < 1.29 is 14.3 Å². The van der Waals surface area contributed by atoms with Crippen molar-refractivity contribution in [2.24, 2.45) is 29.1 Å². The molecule has 0 amide bonds. The van der Waals surface area contributed by atoms with Crippen molar-refractivity contribution in [2.75, 3.05) is 7.11 Å². The van der Waals surface area contributed by atoms with E-state index in [1.165, 1.54) is 5.57 Å². The molecule has 1 saturated heterocycles. The normalized spacial score (nSPS) is 53.9. The van der Waals surface area contributed by atoms with Crippen LogP contribution in [0.2, 0.25) is 0 Å². The molecule has 2 heterocycles. The number of fused-ring (bicyclic) bond motifs is 5. The molecule has 0 aromatic rings. The van der Waals surface area contributed by atoms with Gasteiger partial charge >= 0.3 is 0 Å². The Labute approximate surface area is 132 Å². The van der Waals surface area contributed by atoms with Gasteiger partial charge in [-0.05, 0) is 49.9 Å². The molecule has 0 unspecified atom stereocenters. The zero-order chi connectivity index (χ0) is 15.5. The summed E-state index contributed by atoms with van der Waals surface area (Å²) in [7, 11) is 1.78. The number of methoxy groups -OCH3 is 1. The summed E-state index contributed by atoms with van der Waals surface area (Å²) in [6.07, 6.45) is 5.02. The van der Waals surface area contributed by atoms with Crippen LogP contribution in [0.5, 0.6) is 0 Å². The minimum atomic E-state index is -0.369. The van der Waals surface area contributed by atoms with Crippen LogP contribution in [0.3, 0.4) is 0 Å². The Morgan fingerprint density at radius 1 is 1.18 bits per heavy atom. The quantitative estimate of drug-likeness (QED) is 0.744. The zero-order valence-corrected chi connectivity index (χ0v) is 14.1. The summed E-state index contributed by atoms with van der Waals surface area (Å²) in [5.74, 6) is 3.24. The van der Waals surface area contributed by atoms with E-state index >= 15 is 0 Å². The lowest BCUT2D eigenvalue weighted by atomic mass is 9.63. The van der Waals surface area contributed by atoms with Gasteiger partial charge < -0.3 is 9.47 Å². The molecule has 5 rings (SSSR count). The molecule has 0 aromatic heterocycles. The molecule has 120 valence electrons. The van der Waals surface area contributed by atoms with Crippen LogP contribution < -0.4 is 0 Å². The summed E-state index contributed by atoms with van der Waals surface area (Å²) >= 11 is 0. The van der Waals surface area contributed by atoms with E-state index in [0.29, 0.717) is 29.0 Å². The summed E-state index contributed by atoms with van der Waals surface area (Å²) in [6.45, 7) is 6.97. The fraction of sp³-hybridized carbons (Fsp3) is 0.842. The maximum atomic E-state index is 13.0. The lowest BCUT2D eigenvalue weighted by Gasteiger charge is -2.37. The van der Waals surface area contributed by atoms with Gasteiger partial charge in [0.05, 0.1) is 13.0 Å². The van der Waals surface area contributed by atoms with Crippen molar-refractivity contribution in [3.05, 3.63) is 11.3 Å². The van der Waals surface area contributed by atoms with E-state index in [9.17, 15) is 4.79 Å². The highest BCUT2D eigenvalue weighted by Crippen LogP contribution is 2.76. The van der Waals surface area contributed by atoms with Gasteiger partial charge in [0.25, 0.3) is 0 Å². The Morgan fingerprint density at radius 3 is 2.68 bits per heavy atom. The molecule has 0 N–H and O–H groups in total. The smallest absolute Gasteiger partial charge is 0.139 e. The van der Waals surface area contributed by atoms with E-state index in [1.807, 2.05) is 0 Å². The number of carbonyl (C=O) groups is 1. The summed E-state index contributed by atoms with van der Waals surface area (Å²) in [5.41, 5.74) is 1.000. The summed E-state index contributed by atoms with van der Waals surface area (Å²) < 4.78 is 12.6. The van der Waals surface area contributed by atoms with Crippen LogP contribution in [0, 0.1) is 29.1 Å². The average molecular weight is 302 g/mol. The van der Waals surface area contributed by atoms with Gasteiger partial charge in [-0.25, -0.2) is 0 Å². The molecule has 6 atom stereocenters. The van der Waals surface area contributed by atoms with Gasteiger partial charge in [-0.1, -0.05) is 13.8 Å². The standard InChI is InChI=1S/C19H26O3/c1-17(2)10-7-8-12(20)14-15(13(10)17)18(3)16(21-4)11-6-5-9-19(11,14)22-18/h10,13-15H,5-9H2,1-4H3/t10-,13-,14-,15+,18-,19-/m0/s1. The van der Waals surface area contributed by atoms with Gasteiger partial charge in [-0.3, -0.25) is 4.79 Å². The molecule has 0 radical (unpaired) electrons. The topological polar surface area (TPSA) is 35.5 Å². The number of ketones is 1. The van der Waals surface area contributed by atoms with Gasteiger partial charge in [0, 0.05) is 17.9 Å². The first-order valence-corrected chi connectivity index (χ1v) is 8.89. The first-order valence-electron chi connectivity index (χ1n) is 8.89. The third-order valence-corrected chi connectivity index (χ3v) is 7.88. The second kappa shape index (κ2) is 3.63. The molecule has 1 spiro atoms. The first kappa shape index (κ1) is 13.6. The van der Waals surface area contributed by atoms with Crippen LogP contribution in [0.1, 0.15) is 52.9 Å². The molecule has 3 saturated carbocycles. The lowest BCUT2D eigenvalue weighted by Crippen LogP contribution is -2.45. The second-order valence-corrected chi connectivity index (χ2v) is 8.93. The molecular weight excluding hydrogens is 276 g/mol. The Balaban J connectivity index is 1.72. The minimum absolute atomic E-state index is 0.0886. The van der Waals surface area contributed by atoms with E-state index in [4.69, 9.17) is 9.47 Å². The van der Waals surface area contributed by atoms with Gasteiger partial charge in [-0.2, -0.15) is 0 Å².